The quantitative estimate of drug-likeness (QED) is 0.648. The van der Waals surface area contributed by atoms with Gasteiger partial charge in [0.2, 0.25) is 6.04 Å². The van der Waals surface area contributed by atoms with E-state index in [1.165, 1.54) is 16.8 Å². The molecule has 0 saturated carbocycles. The zero-order valence-electron chi connectivity index (χ0n) is 13.4. The smallest absolute Gasteiger partial charge is 0.208 e. The molecule has 3 rings (SSSR count). The molecule has 0 aliphatic heterocycles. The van der Waals surface area contributed by atoms with Crippen molar-refractivity contribution in [2.45, 2.75) is 6.04 Å². The maximum Gasteiger partial charge on any atom is 0.208 e. The summed E-state index contributed by atoms with van der Waals surface area (Å²) < 4.78 is 2.23. The fraction of sp³-hybridized carbons (Fsp3) is 0.150. The Morgan fingerprint density at radius 2 is 1.35 bits per heavy atom. The van der Waals surface area contributed by atoms with Crippen LogP contribution >= 0.6 is 11.6 Å². The average molecular weight is 324 g/mol. The molecule has 0 spiro atoms. The molecule has 1 heterocycles. The maximum atomic E-state index is 6.05. The van der Waals surface area contributed by atoms with Crippen LogP contribution in [0.5, 0.6) is 0 Å². The first-order chi connectivity index (χ1) is 11.1. The Kier molecular flexibility index (Phi) is 4.63. The Hall–Kier alpha value is -2.32. The SMILES string of the molecule is CN(C)c1cc[n+]([C@@H](c2ccccc2)c2ccc(Cl)cc2)cc1. The van der Waals surface area contributed by atoms with E-state index in [1.54, 1.807) is 0 Å². The molecule has 116 valence electrons. The van der Waals surface area contributed by atoms with E-state index in [-0.39, 0.29) is 6.04 Å². The molecule has 0 N–H and O–H groups in total. The third kappa shape index (κ3) is 3.54. The Morgan fingerprint density at radius 1 is 0.783 bits per heavy atom. The van der Waals surface area contributed by atoms with Gasteiger partial charge in [0.1, 0.15) is 0 Å². The zero-order valence-corrected chi connectivity index (χ0v) is 14.1. The summed E-state index contributed by atoms with van der Waals surface area (Å²) in [5.74, 6) is 0. The standard InChI is InChI=1S/C20H20ClN2/c1-22(2)19-12-14-23(15-13-19)20(16-6-4-3-5-7-16)17-8-10-18(21)11-9-17/h3-15,20H,1-2H3/q+1/t20-/m0/s1. The normalized spacial score (nSPS) is 12.0. The molecule has 23 heavy (non-hydrogen) atoms. The van der Waals surface area contributed by atoms with Crippen molar-refractivity contribution in [3.05, 3.63) is 95.3 Å². The first-order valence-corrected chi connectivity index (χ1v) is 8.01. The van der Waals surface area contributed by atoms with Crippen molar-refractivity contribution in [2.75, 3.05) is 19.0 Å². The number of aromatic nitrogens is 1. The van der Waals surface area contributed by atoms with Gasteiger partial charge in [-0.3, -0.25) is 0 Å². The Labute approximate surface area is 142 Å². The van der Waals surface area contributed by atoms with Crippen LogP contribution < -0.4 is 9.47 Å². The van der Waals surface area contributed by atoms with E-state index in [0.717, 1.165) is 5.02 Å². The molecular formula is C20H20ClN2+. The van der Waals surface area contributed by atoms with Gasteiger partial charge in [-0.2, -0.15) is 4.57 Å². The van der Waals surface area contributed by atoms with E-state index in [0.29, 0.717) is 0 Å². The average Bonchev–Trinajstić information content (AvgIpc) is 2.58. The van der Waals surface area contributed by atoms with E-state index in [4.69, 9.17) is 11.6 Å². The summed E-state index contributed by atoms with van der Waals surface area (Å²) in [5.41, 5.74) is 3.64. The van der Waals surface area contributed by atoms with Crippen molar-refractivity contribution in [2.24, 2.45) is 0 Å². The zero-order chi connectivity index (χ0) is 16.2. The summed E-state index contributed by atoms with van der Waals surface area (Å²) in [6.07, 6.45) is 4.25. The number of nitrogens with zero attached hydrogens (tertiary/aromatic N) is 2. The second kappa shape index (κ2) is 6.84. The number of halogens is 1. The van der Waals surface area contributed by atoms with Crippen molar-refractivity contribution >= 4 is 17.3 Å². The minimum Gasteiger partial charge on any atom is -0.377 e. The lowest BCUT2D eigenvalue weighted by Crippen LogP contribution is -2.40. The number of hydrogen-bond donors (Lipinski definition) is 0. The number of anilines is 1. The van der Waals surface area contributed by atoms with Gasteiger partial charge >= 0.3 is 0 Å². The highest BCUT2D eigenvalue weighted by molar-refractivity contribution is 6.30. The van der Waals surface area contributed by atoms with Crippen LogP contribution in [0.4, 0.5) is 5.69 Å². The van der Waals surface area contributed by atoms with Crippen LogP contribution in [-0.4, -0.2) is 14.1 Å². The Bertz CT molecular complexity index is 750. The van der Waals surface area contributed by atoms with Gasteiger partial charge in [-0.05, 0) is 12.1 Å². The molecule has 0 aliphatic carbocycles. The highest BCUT2D eigenvalue weighted by Gasteiger charge is 2.23. The topological polar surface area (TPSA) is 7.12 Å². The molecule has 0 aliphatic rings. The third-order valence-corrected chi connectivity index (χ3v) is 4.20. The lowest BCUT2D eigenvalue weighted by atomic mass is 9.98. The molecule has 0 saturated heterocycles. The fourth-order valence-corrected chi connectivity index (χ4v) is 2.84. The maximum absolute atomic E-state index is 6.05. The van der Waals surface area contributed by atoms with Gasteiger partial charge in [0.15, 0.2) is 12.4 Å². The van der Waals surface area contributed by atoms with Gasteiger partial charge in [-0.1, -0.05) is 54.1 Å². The van der Waals surface area contributed by atoms with Crippen LogP contribution in [0.3, 0.4) is 0 Å². The summed E-state index contributed by atoms with van der Waals surface area (Å²) >= 11 is 6.05. The number of hydrogen-bond acceptors (Lipinski definition) is 1. The molecule has 1 aromatic heterocycles. The lowest BCUT2D eigenvalue weighted by molar-refractivity contribution is -0.704. The number of benzene rings is 2. The molecule has 3 aromatic rings. The second-order valence-electron chi connectivity index (χ2n) is 5.76. The monoisotopic (exact) mass is 323 g/mol. The summed E-state index contributed by atoms with van der Waals surface area (Å²) in [6, 6.07) is 23.0. The molecule has 0 fully saturated rings. The summed E-state index contributed by atoms with van der Waals surface area (Å²) in [4.78, 5) is 2.10. The van der Waals surface area contributed by atoms with Gasteiger partial charge in [0, 0.05) is 48.1 Å². The predicted octanol–water partition coefficient (Wildman–Crippen LogP) is 4.33. The van der Waals surface area contributed by atoms with E-state index >= 15 is 0 Å². The summed E-state index contributed by atoms with van der Waals surface area (Å²) in [6.45, 7) is 0. The highest BCUT2D eigenvalue weighted by Crippen LogP contribution is 2.23. The minimum absolute atomic E-state index is 0.129. The van der Waals surface area contributed by atoms with Crippen LogP contribution in [-0.2, 0) is 0 Å². The Morgan fingerprint density at radius 3 is 1.91 bits per heavy atom. The molecule has 0 bridgehead atoms. The van der Waals surface area contributed by atoms with Crippen LogP contribution in [0.15, 0.2) is 79.1 Å². The van der Waals surface area contributed by atoms with E-state index < -0.39 is 0 Å². The van der Waals surface area contributed by atoms with Crippen molar-refractivity contribution in [3.63, 3.8) is 0 Å². The van der Waals surface area contributed by atoms with E-state index in [9.17, 15) is 0 Å². The molecule has 2 nitrogen and oxygen atoms in total. The van der Waals surface area contributed by atoms with Gasteiger partial charge < -0.3 is 4.90 Å². The molecule has 3 heteroatoms. The van der Waals surface area contributed by atoms with Crippen molar-refractivity contribution < 1.29 is 4.57 Å². The van der Waals surface area contributed by atoms with Crippen molar-refractivity contribution in [1.82, 2.24) is 0 Å². The molecule has 1 atom stereocenters. The summed E-state index contributed by atoms with van der Waals surface area (Å²) in [5, 5.41) is 0.758. The van der Waals surface area contributed by atoms with Crippen molar-refractivity contribution in [3.8, 4) is 0 Å². The van der Waals surface area contributed by atoms with Gasteiger partial charge in [0.25, 0.3) is 0 Å². The third-order valence-electron chi connectivity index (χ3n) is 3.95. The van der Waals surface area contributed by atoms with Crippen LogP contribution in [0.2, 0.25) is 5.02 Å². The van der Waals surface area contributed by atoms with Crippen LogP contribution in [0.1, 0.15) is 17.2 Å². The molecule has 2 aromatic carbocycles. The number of rotatable bonds is 4. The Balaban J connectivity index is 2.06. The van der Waals surface area contributed by atoms with Crippen LogP contribution in [0, 0.1) is 0 Å². The van der Waals surface area contributed by atoms with E-state index in [2.05, 4.69) is 70.4 Å². The summed E-state index contributed by atoms with van der Waals surface area (Å²) in [7, 11) is 4.10. The van der Waals surface area contributed by atoms with Crippen molar-refractivity contribution in [1.29, 1.82) is 0 Å². The number of pyridine rings is 1. The van der Waals surface area contributed by atoms with Gasteiger partial charge in [-0.25, -0.2) is 0 Å². The molecule has 0 amide bonds. The second-order valence-corrected chi connectivity index (χ2v) is 6.20. The minimum atomic E-state index is 0.129. The van der Waals surface area contributed by atoms with Crippen LogP contribution in [0.25, 0.3) is 0 Å². The molecular weight excluding hydrogens is 304 g/mol. The lowest BCUT2D eigenvalue weighted by Gasteiger charge is -2.15. The molecule has 0 radical (unpaired) electrons. The molecule has 0 unspecified atom stereocenters. The first kappa shape index (κ1) is 15.6. The van der Waals surface area contributed by atoms with Gasteiger partial charge in [-0.15, -0.1) is 0 Å². The highest BCUT2D eigenvalue weighted by atomic mass is 35.5. The van der Waals surface area contributed by atoms with Gasteiger partial charge in [0.05, 0.1) is 0 Å². The first-order valence-electron chi connectivity index (χ1n) is 7.64. The predicted molar refractivity (Wildman–Crippen MR) is 96.1 cm³/mol. The largest absolute Gasteiger partial charge is 0.377 e. The fourth-order valence-electron chi connectivity index (χ4n) is 2.72. The van der Waals surface area contributed by atoms with E-state index in [1.807, 2.05) is 32.3 Å².